The molecule has 0 saturated heterocycles. The first kappa shape index (κ1) is 12.8. The first-order valence-corrected chi connectivity index (χ1v) is 7.02. The fourth-order valence-corrected chi connectivity index (χ4v) is 3.42. The zero-order valence-electron chi connectivity index (χ0n) is 10.6. The highest BCUT2D eigenvalue weighted by Gasteiger charge is 2.48. The Kier molecular flexibility index (Phi) is 3.71. The van der Waals surface area contributed by atoms with Gasteiger partial charge in [-0.3, -0.25) is 4.79 Å². The van der Waals surface area contributed by atoms with Crippen LogP contribution < -0.4 is 5.73 Å². The normalized spacial score (nSPS) is 23.1. The zero-order chi connectivity index (χ0) is 12.5. The van der Waals surface area contributed by atoms with Crippen LogP contribution in [0.25, 0.3) is 0 Å². The van der Waals surface area contributed by atoms with E-state index in [1.165, 1.54) is 25.7 Å². The molecular weight excluding hydrogens is 232 g/mol. The SMILES string of the molecule is CN(CC1CCCC1)C(=O)C1(C(N)=S)CCC1. The number of carbonyl (C=O) groups is 1. The quantitative estimate of drug-likeness (QED) is 0.781. The first-order valence-electron chi connectivity index (χ1n) is 6.62. The van der Waals surface area contributed by atoms with E-state index in [2.05, 4.69) is 0 Å². The Labute approximate surface area is 109 Å². The molecule has 0 spiro atoms. The molecule has 3 nitrogen and oxygen atoms in total. The molecule has 0 unspecified atom stereocenters. The molecule has 4 heteroatoms. The van der Waals surface area contributed by atoms with Crippen molar-refractivity contribution in [1.29, 1.82) is 0 Å². The highest BCUT2D eigenvalue weighted by Crippen LogP contribution is 2.43. The second kappa shape index (κ2) is 4.92. The van der Waals surface area contributed by atoms with Crippen molar-refractivity contribution in [3.05, 3.63) is 0 Å². The fraction of sp³-hybridized carbons (Fsp3) is 0.846. The summed E-state index contributed by atoms with van der Waals surface area (Å²) < 4.78 is 0. The van der Waals surface area contributed by atoms with Gasteiger partial charge >= 0.3 is 0 Å². The average molecular weight is 254 g/mol. The predicted molar refractivity (Wildman–Crippen MR) is 72.7 cm³/mol. The van der Waals surface area contributed by atoms with Crippen molar-refractivity contribution in [2.45, 2.75) is 44.9 Å². The summed E-state index contributed by atoms with van der Waals surface area (Å²) in [6, 6.07) is 0. The monoisotopic (exact) mass is 254 g/mol. The number of rotatable bonds is 4. The summed E-state index contributed by atoms with van der Waals surface area (Å²) in [6.45, 7) is 0.878. The van der Waals surface area contributed by atoms with Crippen molar-refractivity contribution in [2.24, 2.45) is 17.1 Å². The van der Waals surface area contributed by atoms with Crippen LogP contribution in [-0.2, 0) is 4.79 Å². The second-order valence-electron chi connectivity index (χ2n) is 5.64. The van der Waals surface area contributed by atoms with Crippen LogP contribution in [0.5, 0.6) is 0 Å². The molecule has 0 radical (unpaired) electrons. The molecule has 2 N–H and O–H groups in total. The Morgan fingerprint density at radius 3 is 2.35 bits per heavy atom. The molecular formula is C13H22N2OS. The number of carbonyl (C=O) groups excluding carboxylic acids is 1. The first-order chi connectivity index (χ1) is 8.06. The summed E-state index contributed by atoms with van der Waals surface area (Å²) in [4.78, 5) is 14.7. The molecule has 0 bridgehead atoms. The van der Waals surface area contributed by atoms with Gasteiger partial charge in [0.2, 0.25) is 5.91 Å². The van der Waals surface area contributed by atoms with Crippen molar-refractivity contribution in [3.63, 3.8) is 0 Å². The van der Waals surface area contributed by atoms with Gasteiger partial charge in [0.1, 0.15) is 0 Å². The maximum atomic E-state index is 12.4. The molecule has 0 aliphatic heterocycles. The van der Waals surface area contributed by atoms with Gasteiger partial charge < -0.3 is 10.6 Å². The van der Waals surface area contributed by atoms with Gasteiger partial charge in [0.05, 0.1) is 10.4 Å². The van der Waals surface area contributed by atoms with Crippen molar-refractivity contribution < 1.29 is 4.79 Å². The molecule has 2 rings (SSSR count). The van der Waals surface area contributed by atoms with Gasteiger partial charge in [-0.25, -0.2) is 0 Å². The molecule has 0 atom stereocenters. The van der Waals surface area contributed by atoms with E-state index in [0.717, 1.165) is 25.8 Å². The lowest BCUT2D eigenvalue weighted by Gasteiger charge is -2.42. The minimum atomic E-state index is -0.497. The molecule has 0 aromatic carbocycles. The van der Waals surface area contributed by atoms with Gasteiger partial charge in [0, 0.05) is 13.6 Å². The Morgan fingerprint density at radius 1 is 1.35 bits per heavy atom. The molecule has 2 saturated carbocycles. The predicted octanol–water partition coefficient (Wildman–Crippen LogP) is 2.09. The average Bonchev–Trinajstić information content (AvgIpc) is 2.67. The van der Waals surface area contributed by atoms with E-state index < -0.39 is 5.41 Å². The molecule has 2 aliphatic carbocycles. The maximum absolute atomic E-state index is 12.4. The lowest BCUT2D eigenvalue weighted by atomic mass is 9.67. The van der Waals surface area contributed by atoms with Gasteiger partial charge in [-0.2, -0.15) is 0 Å². The van der Waals surface area contributed by atoms with Crippen LogP contribution in [0.4, 0.5) is 0 Å². The lowest BCUT2D eigenvalue weighted by Crippen LogP contribution is -2.54. The number of hydrogen-bond donors (Lipinski definition) is 1. The highest BCUT2D eigenvalue weighted by molar-refractivity contribution is 7.80. The van der Waals surface area contributed by atoms with Gasteiger partial charge in [-0.15, -0.1) is 0 Å². The number of thiocarbonyl (C=S) groups is 1. The summed E-state index contributed by atoms with van der Waals surface area (Å²) in [6.07, 6.45) is 7.91. The second-order valence-corrected chi connectivity index (χ2v) is 6.08. The van der Waals surface area contributed by atoms with Crippen LogP contribution in [-0.4, -0.2) is 29.4 Å². The van der Waals surface area contributed by atoms with E-state index in [1.54, 1.807) is 0 Å². The third-order valence-electron chi connectivity index (χ3n) is 4.44. The molecule has 96 valence electrons. The fourth-order valence-electron chi connectivity index (χ4n) is 3.12. The van der Waals surface area contributed by atoms with Crippen LogP contribution in [0.1, 0.15) is 44.9 Å². The van der Waals surface area contributed by atoms with Crippen LogP contribution in [0.15, 0.2) is 0 Å². The Hall–Kier alpha value is -0.640. The molecule has 2 fully saturated rings. The molecule has 1 amide bonds. The summed E-state index contributed by atoms with van der Waals surface area (Å²) in [5, 5.41) is 0. The standard InChI is InChI=1S/C13H22N2OS/c1-15(9-10-5-2-3-6-10)12(16)13(11(14)17)7-4-8-13/h10H,2-9H2,1H3,(H2,14,17). The van der Waals surface area contributed by atoms with Gasteiger partial charge in [-0.1, -0.05) is 31.5 Å². The third-order valence-corrected chi connectivity index (χ3v) is 4.83. The summed E-state index contributed by atoms with van der Waals surface area (Å²) in [7, 11) is 1.90. The molecule has 2 aliphatic rings. The minimum Gasteiger partial charge on any atom is -0.392 e. The minimum absolute atomic E-state index is 0.156. The largest absolute Gasteiger partial charge is 0.392 e. The summed E-state index contributed by atoms with van der Waals surface area (Å²) in [5.74, 6) is 0.843. The van der Waals surface area contributed by atoms with Crippen LogP contribution in [0.2, 0.25) is 0 Å². The van der Waals surface area contributed by atoms with Gasteiger partial charge in [0.25, 0.3) is 0 Å². The van der Waals surface area contributed by atoms with Gasteiger partial charge in [0.15, 0.2) is 0 Å². The van der Waals surface area contributed by atoms with E-state index in [-0.39, 0.29) is 5.91 Å². The number of hydrogen-bond acceptors (Lipinski definition) is 2. The van der Waals surface area contributed by atoms with Crippen molar-refractivity contribution in [3.8, 4) is 0 Å². The number of nitrogens with two attached hydrogens (primary N) is 1. The Bertz CT molecular complexity index is 319. The maximum Gasteiger partial charge on any atom is 0.235 e. The topological polar surface area (TPSA) is 46.3 Å². The smallest absolute Gasteiger partial charge is 0.235 e. The Balaban J connectivity index is 1.96. The molecule has 0 aromatic rings. The zero-order valence-corrected chi connectivity index (χ0v) is 11.4. The molecule has 17 heavy (non-hydrogen) atoms. The van der Waals surface area contributed by atoms with Gasteiger partial charge in [-0.05, 0) is 31.6 Å². The van der Waals surface area contributed by atoms with Crippen LogP contribution in [0.3, 0.4) is 0 Å². The van der Waals surface area contributed by atoms with Crippen LogP contribution in [0, 0.1) is 11.3 Å². The van der Waals surface area contributed by atoms with E-state index in [4.69, 9.17) is 18.0 Å². The molecule has 0 heterocycles. The third kappa shape index (κ3) is 2.32. The highest BCUT2D eigenvalue weighted by atomic mass is 32.1. The van der Waals surface area contributed by atoms with Crippen molar-refractivity contribution >= 4 is 23.1 Å². The van der Waals surface area contributed by atoms with E-state index in [1.807, 2.05) is 11.9 Å². The number of amides is 1. The molecule has 0 aromatic heterocycles. The number of nitrogens with zero attached hydrogens (tertiary/aromatic N) is 1. The van der Waals surface area contributed by atoms with E-state index in [0.29, 0.717) is 10.9 Å². The summed E-state index contributed by atoms with van der Waals surface area (Å²) in [5.41, 5.74) is 5.27. The lowest BCUT2D eigenvalue weighted by molar-refractivity contribution is -0.141. The van der Waals surface area contributed by atoms with Crippen LogP contribution >= 0.6 is 12.2 Å². The van der Waals surface area contributed by atoms with E-state index >= 15 is 0 Å². The van der Waals surface area contributed by atoms with Crippen molar-refractivity contribution in [2.75, 3.05) is 13.6 Å². The van der Waals surface area contributed by atoms with Crippen molar-refractivity contribution in [1.82, 2.24) is 4.90 Å². The summed E-state index contributed by atoms with van der Waals surface area (Å²) >= 11 is 5.09. The van der Waals surface area contributed by atoms with E-state index in [9.17, 15) is 4.79 Å². The Morgan fingerprint density at radius 2 is 1.94 bits per heavy atom.